The molecule has 0 saturated heterocycles. The van der Waals surface area contributed by atoms with E-state index < -0.39 is 10.0 Å². The highest BCUT2D eigenvalue weighted by Crippen LogP contribution is 2.05. The first kappa shape index (κ1) is 14.9. The summed E-state index contributed by atoms with van der Waals surface area (Å²) in [7, 11) is -3.08. The van der Waals surface area contributed by atoms with E-state index in [1.54, 1.807) is 6.20 Å². The first-order chi connectivity index (χ1) is 8.43. The molecular formula is C12H21N3O2S. The Hall–Kier alpha value is -1.14. The second kappa shape index (κ2) is 6.70. The fourth-order valence-electron chi connectivity index (χ4n) is 1.66. The first-order valence-electron chi connectivity index (χ1n) is 6.05. The van der Waals surface area contributed by atoms with E-state index in [0.29, 0.717) is 19.6 Å². The smallest absolute Gasteiger partial charge is 0.211 e. The number of sulfonamides is 1. The average Bonchev–Trinajstić information content (AvgIpc) is 2.27. The summed E-state index contributed by atoms with van der Waals surface area (Å²) in [6, 6.07) is 3.90. The van der Waals surface area contributed by atoms with Crippen LogP contribution in [-0.2, 0) is 10.0 Å². The predicted octanol–water partition coefficient (Wildman–Crippen LogP) is 1.47. The summed E-state index contributed by atoms with van der Waals surface area (Å²) >= 11 is 0. The molecule has 5 nitrogen and oxygen atoms in total. The molecule has 6 heteroatoms. The van der Waals surface area contributed by atoms with Gasteiger partial charge in [0.2, 0.25) is 10.0 Å². The first-order valence-corrected chi connectivity index (χ1v) is 7.90. The third kappa shape index (κ3) is 5.01. The molecule has 0 spiro atoms. The molecule has 0 atom stereocenters. The third-order valence-corrected chi connectivity index (χ3v) is 4.01. The van der Waals surface area contributed by atoms with Crippen molar-refractivity contribution in [1.29, 1.82) is 0 Å². The van der Waals surface area contributed by atoms with Gasteiger partial charge < -0.3 is 5.32 Å². The van der Waals surface area contributed by atoms with Crippen LogP contribution >= 0.6 is 0 Å². The Bertz CT molecular complexity index is 474. The molecule has 0 aliphatic rings. The molecule has 18 heavy (non-hydrogen) atoms. The molecule has 1 rings (SSSR count). The molecule has 0 aliphatic carbocycles. The van der Waals surface area contributed by atoms with E-state index in [9.17, 15) is 8.42 Å². The zero-order valence-corrected chi connectivity index (χ0v) is 12.0. The van der Waals surface area contributed by atoms with Gasteiger partial charge in [-0.15, -0.1) is 0 Å². The highest BCUT2D eigenvalue weighted by atomic mass is 32.2. The molecule has 0 aliphatic heterocycles. The highest BCUT2D eigenvalue weighted by Gasteiger charge is 2.12. The van der Waals surface area contributed by atoms with Crippen molar-refractivity contribution in [1.82, 2.24) is 9.29 Å². The van der Waals surface area contributed by atoms with Crippen LogP contribution in [0.1, 0.15) is 18.9 Å². The van der Waals surface area contributed by atoms with Crippen LogP contribution < -0.4 is 5.32 Å². The Morgan fingerprint density at radius 1 is 1.44 bits per heavy atom. The van der Waals surface area contributed by atoms with Gasteiger partial charge in [-0.3, -0.25) is 0 Å². The van der Waals surface area contributed by atoms with Crippen molar-refractivity contribution < 1.29 is 8.42 Å². The van der Waals surface area contributed by atoms with Crippen LogP contribution in [0.25, 0.3) is 0 Å². The zero-order valence-electron chi connectivity index (χ0n) is 11.2. The van der Waals surface area contributed by atoms with Crippen molar-refractivity contribution in [3.05, 3.63) is 23.9 Å². The number of aromatic nitrogens is 1. The summed E-state index contributed by atoms with van der Waals surface area (Å²) in [5, 5.41) is 3.18. The van der Waals surface area contributed by atoms with Crippen molar-refractivity contribution >= 4 is 15.8 Å². The number of nitrogens with one attached hydrogen (secondary N) is 1. The van der Waals surface area contributed by atoms with Gasteiger partial charge in [-0.1, -0.05) is 6.92 Å². The second-order valence-corrected chi connectivity index (χ2v) is 6.24. The van der Waals surface area contributed by atoms with Crippen molar-refractivity contribution in [3.63, 3.8) is 0 Å². The third-order valence-electron chi connectivity index (χ3n) is 2.63. The lowest BCUT2D eigenvalue weighted by Gasteiger charge is -2.17. The van der Waals surface area contributed by atoms with Gasteiger partial charge in [0.15, 0.2) is 0 Å². The number of pyridine rings is 1. The van der Waals surface area contributed by atoms with E-state index in [1.807, 2.05) is 26.0 Å². The second-order valence-electron chi connectivity index (χ2n) is 4.25. The Morgan fingerprint density at radius 3 is 2.72 bits per heavy atom. The normalized spacial score (nSPS) is 11.8. The number of nitrogens with zero attached hydrogens (tertiary/aromatic N) is 2. The minimum Gasteiger partial charge on any atom is -0.370 e. The maximum absolute atomic E-state index is 11.4. The van der Waals surface area contributed by atoms with Gasteiger partial charge in [0.05, 0.1) is 6.26 Å². The topological polar surface area (TPSA) is 62.3 Å². The van der Waals surface area contributed by atoms with E-state index in [-0.39, 0.29) is 0 Å². The van der Waals surface area contributed by atoms with Gasteiger partial charge in [-0.25, -0.2) is 17.7 Å². The predicted molar refractivity (Wildman–Crippen MR) is 74.2 cm³/mol. The van der Waals surface area contributed by atoms with E-state index in [1.165, 1.54) is 10.6 Å². The quantitative estimate of drug-likeness (QED) is 0.763. The lowest BCUT2D eigenvalue weighted by Crippen LogP contribution is -2.31. The molecule has 1 N–H and O–H groups in total. The van der Waals surface area contributed by atoms with Gasteiger partial charge in [0.25, 0.3) is 0 Å². The van der Waals surface area contributed by atoms with Crippen molar-refractivity contribution in [2.75, 3.05) is 31.2 Å². The van der Waals surface area contributed by atoms with E-state index in [4.69, 9.17) is 0 Å². The van der Waals surface area contributed by atoms with Crippen LogP contribution in [0.3, 0.4) is 0 Å². The Labute approximate surface area is 109 Å². The summed E-state index contributed by atoms with van der Waals surface area (Å²) in [6.45, 7) is 5.62. The van der Waals surface area contributed by atoms with Crippen LogP contribution in [0.5, 0.6) is 0 Å². The van der Waals surface area contributed by atoms with Crippen LogP contribution in [0, 0.1) is 6.92 Å². The molecule has 0 saturated carbocycles. The summed E-state index contributed by atoms with van der Waals surface area (Å²) in [4.78, 5) is 4.18. The average molecular weight is 271 g/mol. The largest absolute Gasteiger partial charge is 0.370 e. The van der Waals surface area contributed by atoms with Crippen molar-refractivity contribution in [2.24, 2.45) is 0 Å². The summed E-state index contributed by atoms with van der Waals surface area (Å²) in [5.41, 5.74) is 1.15. The molecule has 1 aromatic rings. The van der Waals surface area contributed by atoms with Gasteiger partial charge in [0, 0.05) is 25.8 Å². The minimum atomic E-state index is -3.08. The van der Waals surface area contributed by atoms with Gasteiger partial charge in [-0.05, 0) is 31.0 Å². The van der Waals surface area contributed by atoms with E-state index >= 15 is 0 Å². The fraction of sp³-hybridized carbons (Fsp3) is 0.583. The molecule has 1 heterocycles. The number of hydrogen-bond acceptors (Lipinski definition) is 4. The number of aryl methyl sites for hydroxylation is 1. The van der Waals surface area contributed by atoms with Crippen LogP contribution in [-0.4, -0.2) is 43.6 Å². The molecule has 0 aromatic carbocycles. The minimum absolute atomic E-state index is 0.515. The standard InChI is InChI=1S/C12H21N3O2S/c1-4-15(18(3,16)17)9-5-7-13-12-10-11(2)6-8-14-12/h6,8,10H,4-5,7,9H2,1-3H3,(H,13,14). The zero-order chi connectivity index (χ0) is 13.6. The number of rotatable bonds is 7. The highest BCUT2D eigenvalue weighted by molar-refractivity contribution is 7.88. The molecule has 102 valence electrons. The van der Waals surface area contributed by atoms with Gasteiger partial charge >= 0.3 is 0 Å². The SMILES string of the molecule is CCN(CCCNc1cc(C)ccn1)S(C)(=O)=O. The molecule has 0 unspecified atom stereocenters. The summed E-state index contributed by atoms with van der Waals surface area (Å²) < 4.78 is 24.2. The Kier molecular flexibility index (Phi) is 5.55. The summed E-state index contributed by atoms with van der Waals surface area (Å²) in [5.74, 6) is 0.831. The van der Waals surface area contributed by atoms with E-state index in [0.717, 1.165) is 17.8 Å². The van der Waals surface area contributed by atoms with Crippen LogP contribution in [0.4, 0.5) is 5.82 Å². The number of anilines is 1. The number of hydrogen-bond donors (Lipinski definition) is 1. The maximum Gasteiger partial charge on any atom is 0.211 e. The summed E-state index contributed by atoms with van der Waals surface area (Å²) in [6.07, 6.45) is 3.76. The fourth-order valence-corrected chi connectivity index (χ4v) is 2.59. The van der Waals surface area contributed by atoms with Crippen LogP contribution in [0.2, 0.25) is 0 Å². The molecule has 1 aromatic heterocycles. The van der Waals surface area contributed by atoms with Crippen LogP contribution in [0.15, 0.2) is 18.3 Å². The van der Waals surface area contributed by atoms with Crippen molar-refractivity contribution in [2.45, 2.75) is 20.3 Å². The monoisotopic (exact) mass is 271 g/mol. The Balaban J connectivity index is 2.35. The van der Waals surface area contributed by atoms with Gasteiger partial charge in [0.1, 0.15) is 5.82 Å². The van der Waals surface area contributed by atoms with Gasteiger partial charge in [-0.2, -0.15) is 0 Å². The van der Waals surface area contributed by atoms with Crippen molar-refractivity contribution in [3.8, 4) is 0 Å². The molecule has 0 radical (unpaired) electrons. The lowest BCUT2D eigenvalue weighted by molar-refractivity contribution is 0.428. The lowest BCUT2D eigenvalue weighted by atomic mass is 10.3. The Morgan fingerprint density at radius 2 is 2.17 bits per heavy atom. The maximum atomic E-state index is 11.4. The molecule has 0 fully saturated rings. The molecule has 0 bridgehead atoms. The molecular weight excluding hydrogens is 250 g/mol. The molecule has 0 amide bonds. The van der Waals surface area contributed by atoms with E-state index in [2.05, 4.69) is 10.3 Å².